The summed E-state index contributed by atoms with van der Waals surface area (Å²) >= 11 is 0. The van der Waals surface area contributed by atoms with Crippen molar-refractivity contribution in [1.82, 2.24) is 0 Å². The van der Waals surface area contributed by atoms with Crippen LogP contribution in [0.2, 0.25) is 0 Å². The topological polar surface area (TPSA) is 64.4 Å². The molecule has 2 aromatic rings. The van der Waals surface area contributed by atoms with Gasteiger partial charge in [0.2, 0.25) is 0 Å². The normalized spacial score (nSPS) is 10.1. The van der Waals surface area contributed by atoms with Crippen LogP contribution in [0.3, 0.4) is 0 Å². The summed E-state index contributed by atoms with van der Waals surface area (Å²) in [7, 11) is 1.53. The highest BCUT2D eigenvalue weighted by atomic mass is 16.5. The number of nitrogen functional groups attached to an aromatic ring is 1. The number of hydrogen-bond donors (Lipinski definition) is 2. The Morgan fingerprint density at radius 3 is 2.70 bits per heavy atom. The van der Waals surface area contributed by atoms with Crippen LogP contribution in [-0.2, 0) is 6.42 Å². The molecule has 4 heteroatoms. The van der Waals surface area contributed by atoms with Gasteiger partial charge in [0.05, 0.1) is 12.7 Å². The summed E-state index contributed by atoms with van der Waals surface area (Å²) in [6, 6.07) is 12.7. The number of anilines is 2. The Morgan fingerprint density at radius 1 is 1.25 bits per heavy atom. The molecule has 0 aromatic heterocycles. The summed E-state index contributed by atoms with van der Waals surface area (Å²) in [5, 5.41) is 2.91. The van der Waals surface area contributed by atoms with Gasteiger partial charge in [-0.1, -0.05) is 25.1 Å². The number of carbonyl (C=O) groups excluding carboxylic acids is 1. The summed E-state index contributed by atoms with van der Waals surface area (Å²) in [4.78, 5) is 12.4. The van der Waals surface area contributed by atoms with Gasteiger partial charge in [-0.3, -0.25) is 4.79 Å². The molecule has 1 amide bonds. The van der Waals surface area contributed by atoms with Crippen LogP contribution in [0.25, 0.3) is 0 Å². The molecule has 0 radical (unpaired) electrons. The first-order chi connectivity index (χ1) is 9.65. The van der Waals surface area contributed by atoms with Gasteiger partial charge < -0.3 is 15.8 Å². The Balaban J connectivity index is 2.30. The van der Waals surface area contributed by atoms with E-state index in [2.05, 4.69) is 5.32 Å². The summed E-state index contributed by atoms with van der Waals surface area (Å²) in [5.74, 6) is 0.278. The van der Waals surface area contributed by atoms with Crippen LogP contribution in [0.15, 0.2) is 42.5 Å². The van der Waals surface area contributed by atoms with E-state index < -0.39 is 0 Å². The standard InChI is InChI=1S/C16H18N2O2/c1-3-11-6-4-5-7-14(11)18-16(19)13-10-12(17)8-9-15(13)20-2/h4-10H,3,17H2,1-2H3,(H,18,19). The third-order valence-electron chi connectivity index (χ3n) is 3.11. The average Bonchev–Trinajstić information content (AvgIpc) is 2.47. The van der Waals surface area contributed by atoms with Crippen molar-refractivity contribution in [3.63, 3.8) is 0 Å². The van der Waals surface area contributed by atoms with Gasteiger partial charge in [0, 0.05) is 11.4 Å². The zero-order chi connectivity index (χ0) is 14.5. The van der Waals surface area contributed by atoms with Crippen molar-refractivity contribution >= 4 is 17.3 Å². The third-order valence-corrected chi connectivity index (χ3v) is 3.11. The highest BCUT2D eigenvalue weighted by molar-refractivity contribution is 6.07. The Kier molecular flexibility index (Phi) is 4.25. The molecular formula is C16H18N2O2. The van der Waals surface area contributed by atoms with Crippen LogP contribution in [0, 0.1) is 0 Å². The summed E-state index contributed by atoms with van der Waals surface area (Å²) < 4.78 is 5.20. The van der Waals surface area contributed by atoms with E-state index in [4.69, 9.17) is 10.5 Å². The fraction of sp³-hybridized carbons (Fsp3) is 0.188. The van der Waals surface area contributed by atoms with Crippen LogP contribution in [-0.4, -0.2) is 13.0 Å². The molecule has 0 saturated heterocycles. The third kappa shape index (κ3) is 2.91. The Labute approximate surface area is 118 Å². The van der Waals surface area contributed by atoms with E-state index in [1.165, 1.54) is 7.11 Å². The smallest absolute Gasteiger partial charge is 0.259 e. The molecule has 0 heterocycles. The van der Waals surface area contributed by atoms with Crippen LogP contribution in [0.5, 0.6) is 5.75 Å². The fourth-order valence-corrected chi connectivity index (χ4v) is 2.04. The first kappa shape index (κ1) is 13.9. The van der Waals surface area contributed by atoms with Gasteiger partial charge in [-0.15, -0.1) is 0 Å². The van der Waals surface area contributed by atoms with Crippen molar-refractivity contribution in [2.45, 2.75) is 13.3 Å². The number of rotatable bonds is 4. The van der Waals surface area contributed by atoms with Gasteiger partial charge in [0.25, 0.3) is 5.91 Å². The van der Waals surface area contributed by atoms with Crippen molar-refractivity contribution in [3.05, 3.63) is 53.6 Å². The molecule has 0 spiro atoms. The number of nitrogens with one attached hydrogen (secondary N) is 1. The second-order valence-corrected chi connectivity index (χ2v) is 4.42. The minimum Gasteiger partial charge on any atom is -0.496 e. The van der Waals surface area contributed by atoms with Crippen molar-refractivity contribution in [3.8, 4) is 5.75 Å². The summed E-state index contributed by atoms with van der Waals surface area (Å²) in [6.45, 7) is 2.05. The number of para-hydroxylation sites is 1. The molecule has 4 nitrogen and oxygen atoms in total. The molecule has 0 fully saturated rings. The van der Waals surface area contributed by atoms with Crippen LogP contribution in [0.4, 0.5) is 11.4 Å². The lowest BCUT2D eigenvalue weighted by Crippen LogP contribution is -2.14. The molecule has 0 aliphatic carbocycles. The van der Waals surface area contributed by atoms with Gasteiger partial charge in [-0.05, 0) is 36.2 Å². The maximum atomic E-state index is 12.4. The highest BCUT2D eigenvalue weighted by Crippen LogP contribution is 2.23. The molecule has 2 rings (SSSR count). The largest absolute Gasteiger partial charge is 0.496 e. The number of methoxy groups -OCH3 is 1. The molecule has 0 atom stereocenters. The predicted molar refractivity (Wildman–Crippen MR) is 81.2 cm³/mol. The molecule has 0 aliphatic heterocycles. The fourth-order valence-electron chi connectivity index (χ4n) is 2.04. The van der Waals surface area contributed by atoms with E-state index >= 15 is 0 Å². The Bertz CT molecular complexity index is 624. The number of nitrogens with two attached hydrogens (primary N) is 1. The lowest BCUT2D eigenvalue weighted by atomic mass is 10.1. The minimum absolute atomic E-state index is 0.227. The molecule has 0 bridgehead atoms. The maximum absolute atomic E-state index is 12.4. The average molecular weight is 270 g/mol. The first-order valence-corrected chi connectivity index (χ1v) is 6.48. The lowest BCUT2D eigenvalue weighted by molar-refractivity contribution is 0.102. The minimum atomic E-state index is -0.227. The van der Waals surface area contributed by atoms with Gasteiger partial charge in [0.1, 0.15) is 5.75 Å². The molecule has 3 N–H and O–H groups in total. The van der Waals surface area contributed by atoms with E-state index in [1.807, 2.05) is 31.2 Å². The van der Waals surface area contributed by atoms with Gasteiger partial charge in [-0.2, -0.15) is 0 Å². The molecular weight excluding hydrogens is 252 g/mol. The number of carbonyl (C=O) groups is 1. The second kappa shape index (κ2) is 6.10. The van der Waals surface area contributed by atoms with Crippen molar-refractivity contribution < 1.29 is 9.53 Å². The quantitative estimate of drug-likeness (QED) is 0.839. The molecule has 0 unspecified atom stereocenters. The van der Waals surface area contributed by atoms with Gasteiger partial charge >= 0.3 is 0 Å². The summed E-state index contributed by atoms with van der Waals surface area (Å²) in [6.07, 6.45) is 0.852. The number of aryl methyl sites for hydroxylation is 1. The molecule has 0 aliphatic rings. The molecule has 2 aromatic carbocycles. The Hall–Kier alpha value is -2.49. The first-order valence-electron chi connectivity index (χ1n) is 6.48. The van der Waals surface area contributed by atoms with Gasteiger partial charge in [-0.25, -0.2) is 0 Å². The van der Waals surface area contributed by atoms with E-state index in [0.717, 1.165) is 17.7 Å². The predicted octanol–water partition coefficient (Wildman–Crippen LogP) is 3.09. The van der Waals surface area contributed by atoms with Crippen molar-refractivity contribution in [2.75, 3.05) is 18.2 Å². The van der Waals surface area contributed by atoms with Crippen molar-refractivity contribution in [1.29, 1.82) is 0 Å². The zero-order valence-corrected chi connectivity index (χ0v) is 11.6. The molecule has 104 valence electrons. The lowest BCUT2D eigenvalue weighted by Gasteiger charge is -2.12. The SMILES string of the molecule is CCc1ccccc1NC(=O)c1cc(N)ccc1OC. The van der Waals surface area contributed by atoms with Crippen molar-refractivity contribution in [2.24, 2.45) is 0 Å². The van der Waals surface area contributed by atoms with E-state index in [-0.39, 0.29) is 5.91 Å². The Morgan fingerprint density at radius 2 is 2.00 bits per heavy atom. The van der Waals surface area contributed by atoms with Crippen LogP contribution < -0.4 is 15.8 Å². The number of amides is 1. The zero-order valence-electron chi connectivity index (χ0n) is 11.6. The van der Waals surface area contributed by atoms with E-state index in [1.54, 1.807) is 18.2 Å². The van der Waals surface area contributed by atoms with E-state index in [0.29, 0.717) is 17.0 Å². The van der Waals surface area contributed by atoms with Crippen LogP contribution in [0.1, 0.15) is 22.8 Å². The van der Waals surface area contributed by atoms with E-state index in [9.17, 15) is 4.79 Å². The molecule has 20 heavy (non-hydrogen) atoms. The maximum Gasteiger partial charge on any atom is 0.259 e. The number of benzene rings is 2. The second-order valence-electron chi connectivity index (χ2n) is 4.42. The summed E-state index contributed by atoms with van der Waals surface area (Å²) in [5.41, 5.74) is 8.59. The highest BCUT2D eigenvalue weighted by Gasteiger charge is 2.14. The number of ether oxygens (including phenoxy) is 1. The monoisotopic (exact) mass is 270 g/mol. The van der Waals surface area contributed by atoms with Crippen LogP contribution >= 0.6 is 0 Å². The number of hydrogen-bond acceptors (Lipinski definition) is 3. The molecule has 0 saturated carbocycles. The van der Waals surface area contributed by atoms with Gasteiger partial charge in [0.15, 0.2) is 0 Å².